The molecular weight excluding hydrogens is 308 g/mol. The van der Waals surface area contributed by atoms with Crippen LogP contribution >= 0.6 is 0 Å². The minimum absolute atomic E-state index is 0.0416. The van der Waals surface area contributed by atoms with Gasteiger partial charge < -0.3 is 9.84 Å². The molecule has 0 radical (unpaired) electrons. The van der Waals surface area contributed by atoms with E-state index < -0.39 is 0 Å². The molecule has 3 aromatic carbocycles. The third-order valence-electron chi connectivity index (χ3n) is 4.68. The molecule has 1 N–H and O–H groups in total. The fourth-order valence-electron chi connectivity index (χ4n) is 3.51. The molecule has 0 saturated carbocycles. The number of ether oxygens (including phenoxy) is 1. The van der Waals surface area contributed by atoms with E-state index in [1.54, 1.807) is 0 Å². The fourth-order valence-corrected chi connectivity index (χ4v) is 3.51. The standard InChI is InChI=1S/C23H26O2/c1-2-8-22(21-14-13-18-9-6-7-12-20(18)17-21)23(25-16-15-24)19-10-4-3-5-11-19/h3-7,9-14,17,22-24H,2,8,15-16H2,1H3/t22-,23-/m1/s1. The minimum atomic E-state index is -0.0468. The van der Waals surface area contributed by atoms with E-state index in [0.29, 0.717) is 6.61 Å². The number of hydrogen-bond donors (Lipinski definition) is 1. The van der Waals surface area contributed by atoms with E-state index in [4.69, 9.17) is 4.74 Å². The van der Waals surface area contributed by atoms with Gasteiger partial charge in [0, 0.05) is 5.92 Å². The highest BCUT2D eigenvalue weighted by Crippen LogP contribution is 2.38. The van der Waals surface area contributed by atoms with Crippen molar-refractivity contribution in [3.63, 3.8) is 0 Å². The Morgan fingerprint density at radius 3 is 2.28 bits per heavy atom. The van der Waals surface area contributed by atoms with Crippen molar-refractivity contribution >= 4 is 10.8 Å². The highest BCUT2D eigenvalue weighted by molar-refractivity contribution is 5.83. The van der Waals surface area contributed by atoms with Crippen molar-refractivity contribution in [3.05, 3.63) is 83.9 Å². The number of rotatable bonds is 8. The molecule has 0 spiro atoms. The average Bonchev–Trinajstić information content (AvgIpc) is 2.68. The second-order valence-electron chi connectivity index (χ2n) is 6.43. The summed E-state index contributed by atoms with van der Waals surface area (Å²) in [7, 11) is 0. The molecule has 0 aromatic heterocycles. The second-order valence-corrected chi connectivity index (χ2v) is 6.43. The number of aliphatic hydroxyl groups is 1. The van der Waals surface area contributed by atoms with Crippen molar-refractivity contribution in [1.82, 2.24) is 0 Å². The van der Waals surface area contributed by atoms with E-state index in [-0.39, 0.29) is 18.6 Å². The Kier molecular flexibility index (Phi) is 6.21. The first kappa shape index (κ1) is 17.7. The molecule has 2 nitrogen and oxygen atoms in total. The summed E-state index contributed by atoms with van der Waals surface area (Å²) in [4.78, 5) is 0. The molecule has 2 atom stereocenters. The van der Waals surface area contributed by atoms with Gasteiger partial charge >= 0.3 is 0 Å². The van der Waals surface area contributed by atoms with Crippen molar-refractivity contribution in [2.24, 2.45) is 0 Å². The molecule has 0 saturated heterocycles. The molecule has 0 heterocycles. The molecule has 3 rings (SSSR count). The zero-order valence-electron chi connectivity index (χ0n) is 14.8. The zero-order chi connectivity index (χ0) is 17.5. The minimum Gasteiger partial charge on any atom is -0.394 e. The van der Waals surface area contributed by atoms with Crippen molar-refractivity contribution in [2.45, 2.75) is 31.8 Å². The number of fused-ring (bicyclic) bond motifs is 1. The van der Waals surface area contributed by atoms with Crippen LogP contribution in [0.3, 0.4) is 0 Å². The van der Waals surface area contributed by atoms with Crippen LogP contribution in [0.5, 0.6) is 0 Å². The monoisotopic (exact) mass is 334 g/mol. The lowest BCUT2D eigenvalue weighted by Crippen LogP contribution is -2.17. The largest absolute Gasteiger partial charge is 0.394 e. The van der Waals surface area contributed by atoms with Gasteiger partial charge in [-0.2, -0.15) is 0 Å². The van der Waals surface area contributed by atoms with Crippen LogP contribution in [0.25, 0.3) is 10.8 Å². The summed E-state index contributed by atoms with van der Waals surface area (Å²) in [5, 5.41) is 11.8. The molecule has 0 unspecified atom stereocenters. The third-order valence-corrected chi connectivity index (χ3v) is 4.68. The van der Waals surface area contributed by atoms with Crippen LogP contribution in [0.4, 0.5) is 0 Å². The van der Waals surface area contributed by atoms with Gasteiger partial charge in [-0.1, -0.05) is 86.1 Å². The maximum Gasteiger partial charge on any atom is 0.0894 e. The van der Waals surface area contributed by atoms with E-state index in [2.05, 4.69) is 61.5 Å². The van der Waals surface area contributed by atoms with Crippen molar-refractivity contribution in [3.8, 4) is 0 Å². The van der Waals surface area contributed by atoms with Gasteiger partial charge in [0.2, 0.25) is 0 Å². The Morgan fingerprint density at radius 1 is 0.840 bits per heavy atom. The predicted octanol–water partition coefficient (Wildman–Crippen LogP) is 5.47. The second kappa shape index (κ2) is 8.80. The summed E-state index contributed by atoms with van der Waals surface area (Å²) in [6.45, 7) is 2.61. The Balaban J connectivity index is 2.00. The van der Waals surface area contributed by atoms with Crippen LogP contribution in [0.1, 0.15) is 42.9 Å². The fraction of sp³-hybridized carbons (Fsp3) is 0.304. The lowest BCUT2D eigenvalue weighted by Gasteiger charge is -2.28. The van der Waals surface area contributed by atoms with Crippen molar-refractivity contribution in [1.29, 1.82) is 0 Å². The molecule has 0 bridgehead atoms. The van der Waals surface area contributed by atoms with Crippen molar-refractivity contribution in [2.75, 3.05) is 13.2 Å². The highest BCUT2D eigenvalue weighted by Gasteiger charge is 2.25. The molecule has 0 fully saturated rings. The summed E-state index contributed by atoms with van der Waals surface area (Å²) in [5.41, 5.74) is 2.47. The van der Waals surface area contributed by atoms with Crippen LogP contribution < -0.4 is 0 Å². The molecule has 2 heteroatoms. The summed E-state index contributed by atoms with van der Waals surface area (Å²) in [5.74, 6) is 0.267. The molecule has 3 aromatic rings. The van der Waals surface area contributed by atoms with Gasteiger partial charge in [-0.05, 0) is 28.3 Å². The molecule has 0 aliphatic carbocycles. The summed E-state index contributed by atoms with van der Waals surface area (Å²) in [6, 6.07) is 25.5. The molecule has 0 aliphatic heterocycles. The van der Waals surface area contributed by atoms with E-state index in [1.165, 1.54) is 21.9 Å². The maximum atomic E-state index is 9.26. The normalized spacial score (nSPS) is 13.7. The average molecular weight is 334 g/mol. The van der Waals surface area contributed by atoms with Gasteiger partial charge in [-0.3, -0.25) is 0 Å². The molecule has 0 aliphatic rings. The molecular formula is C23H26O2. The van der Waals surface area contributed by atoms with Gasteiger partial charge in [0.05, 0.1) is 19.3 Å². The smallest absolute Gasteiger partial charge is 0.0894 e. The number of aliphatic hydroxyl groups excluding tert-OH is 1. The first-order chi connectivity index (χ1) is 12.3. The van der Waals surface area contributed by atoms with Gasteiger partial charge in [-0.25, -0.2) is 0 Å². The topological polar surface area (TPSA) is 29.5 Å². The van der Waals surface area contributed by atoms with Crippen LogP contribution in [-0.4, -0.2) is 18.3 Å². The maximum absolute atomic E-state index is 9.26. The number of benzene rings is 3. The summed E-state index contributed by atoms with van der Waals surface area (Å²) < 4.78 is 6.11. The Labute approximate surface area is 150 Å². The van der Waals surface area contributed by atoms with Crippen LogP contribution in [0.2, 0.25) is 0 Å². The Morgan fingerprint density at radius 2 is 1.56 bits per heavy atom. The van der Waals surface area contributed by atoms with Gasteiger partial charge in [0.15, 0.2) is 0 Å². The Hall–Kier alpha value is -2.16. The number of hydrogen-bond acceptors (Lipinski definition) is 2. The lowest BCUT2D eigenvalue weighted by atomic mass is 9.85. The summed E-state index contributed by atoms with van der Waals surface area (Å²) in [6.07, 6.45) is 2.08. The van der Waals surface area contributed by atoms with E-state index >= 15 is 0 Å². The quantitative estimate of drug-likeness (QED) is 0.591. The van der Waals surface area contributed by atoms with E-state index in [0.717, 1.165) is 12.8 Å². The van der Waals surface area contributed by atoms with Crippen LogP contribution in [0.15, 0.2) is 72.8 Å². The van der Waals surface area contributed by atoms with Crippen LogP contribution in [0, 0.1) is 0 Å². The third kappa shape index (κ3) is 4.28. The van der Waals surface area contributed by atoms with Gasteiger partial charge in [0.25, 0.3) is 0 Å². The van der Waals surface area contributed by atoms with E-state index in [1.807, 2.05) is 18.2 Å². The SMILES string of the molecule is CCC[C@H](c1ccc2ccccc2c1)[C@H](OCCO)c1ccccc1. The first-order valence-electron chi connectivity index (χ1n) is 9.09. The van der Waals surface area contributed by atoms with Gasteiger partial charge in [-0.15, -0.1) is 0 Å². The summed E-state index contributed by atoms with van der Waals surface area (Å²) >= 11 is 0. The van der Waals surface area contributed by atoms with Gasteiger partial charge in [0.1, 0.15) is 0 Å². The van der Waals surface area contributed by atoms with E-state index in [9.17, 15) is 5.11 Å². The molecule has 25 heavy (non-hydrogen) atoms. The van der Waals surface area contributed by atoms with Crippen LogP contribution in [-0.2, 0) is 4.74 Å². The molecule has 130 valence electrons. The Bertz CT molecular complexity index is 782. The first-order valence-corrected chi connectivity index (χ1v) is 9.09. The molecule has 0 amide bonds. The zero-order valence-corrected chi connectivity index (χ0v) is 14.8. The predicted molar refractivity (Wildman–Crippen MR) is 104 cm³/mol. The highest BCUT2D eigenvalue weighted by atomic mass is 16.5. The lowest BCUT2D eigenvalue weighted by molar-refractivity contribution is 0.00972. The van der Waals surface area contributed by atoms with Crippen molar-refractivity contribution < 1.29 is 9.84 Å².